The third-order valence-electron chi connectivity index (χ3n) is 2.82. The van der Waals surface area contributed by atoms with Gasteiger partial charge in [0, 0.05) is 11.6 Å². The summed E-state index contributed by atoms with van der Waals surface area (Å²) in [6, 6.07) is 5.56. The van der Waals surface area contributed by atoms with Crippen LogP contribution in [0.4, 0.5) is 4.48 Å². The second kappa shape index (κ2) is 6.48. The maximum Gasteiger partial charge on any atom is 0.125 e. The lowest BCUT2D eigenvalue weighted by molar-refractivity contribution is 0.320. The van der Waals surface area contributed by atoms with Gasteiger partial charge in [0.25, 0.3) is 0 Å². The summed E-state index contributed by atoms with van der Waals surface area (Å²) in [5.41, 5.74) is 2.43. The van der Waals surface area contributed by atoms with E-state index < -0.39 is 0 Å². The average Bonchev–Trinajstić information content (AvgIpc) is 2.79. The number of aliphatic imine (C=N–C) groups is 1. The normalized spacial score (nSPS) is 13.6. The lowest BCUT2D eigenvalue weighted by Gasteiger charge is -2.01. The number of aromatic nitrogens is 2. The lowest BCUT2D eigenvalue weighted by Crippen LogP contribution is -1.86. The smallest absolute Gasteiger partial charge is 0.125 e. The van der Waals surface area contributed by atoms with E-state index in [4.69, 9.17) is 11.6 Å². The van der Waals surface area contributed by atoms with E-state index in [2.05, 4.69) is 10.1 Å². The Balaban J connectivity index is 2.32. The zero-order chi connectivity index (χ0) is 14.5. The van der Waals surface area contributed by atoms with Crippen molar-refractivity contribution in [1.82, 2.24) is 10.0 Å². The van der Waals surface area contributed by atoms with Crippen molar-refractivity contribution in [2.45, 2.75) is 20.3 Å². The molecule has 0 saturated heterocycles. The molecular formula is C15H15ClFN3. The van der Waals surface area contributed by atoms with Gasteiger partial charge in [0.15, 0.2) is 0 Å². The molecule has 1 aromatic heterocycles. The molecule has 0 amide bonds. The molecule has 5 heteroatoms. The van der Waals surface area contributed by atoms with Crippen molar-refractivity contribution in [2.24, 2.45) is 4.99 Å². The standard InChI is InChI=1S/C15H15ClFN3/c1-3-5-15(16)18-9-11(4-2)12-6-7-13-10-20(17)19-14(13)8-12/h4-10H,3H2,1-2H3/b11-4+,15-5-,18-9-. The fourth-order valence-electron chi connectivity index (χ4n) is 1.83. The molecule has 104 valence electrons. The highest BCUT2D eigenvalue weighted by atomic mass is 35.5. The van der Waals surface area contributed by atoms with Crippen LogP contribution in [0.1, 0.15) is 25.8 Å². The minimum absolute atomic E-state index is 0.318. The van der Waals surface area contributed by atoms with Crippen molar-refractivity contribution in [3.63, 3.8) is 0 Å². The summed E-state index contributed by atoms with van der Waals surface area (Å²) >= 11 is 5.94. The minimum Gasteiger partial charge on any atom is -0.244 e. The van der Waals surface area contributed by atoms with Crippen LogP contribution in [0.2, 0.25) is 0 Å². The minimum atomic E-state index is 0.318. The van der Waals surface area contributed by atoms with E-state index >= 15 is 0 Å². The number of fused-ring (bicyclic) bond motifs is 1. The van der Waals surface area contributed by atoms with E-state index in [1.54, 1.807) is 6.21 Å². The molecule has 0 aliphatic carbocycles. The van der Waals surface area contributed by atoms with Crippen LogP contribution in [0.3, 0.4) is 0 Å². The fourth-order valence-corrected chi connectivity index (χ4v) is 2.04. The van der Waals surface area contributed by atoms with Gasteiger partial charge in [-0.15, -0.1) is 10.0 Å². The fraction of sp³-hybridized carbons (Fsp3) is 0.200. The topological polar surface area (TPSA) is 30.2 Å². The first kappa shape index (κ1) is 14.5. The van der Waals surface area contributed by atoms with Gasteiger partial charge in [-0.1, -0.05) is 41.2 Å². The maximum atomic E-state index is 13.0. The number of benzene rings is 1. The van der Waals surface area contributed by atoms with Gasteiger partial charge in [-0.2, -0.15) is 0 Å². The van der Waals surface area contributed by atoms with Crippen molar-refractivity contribution in [3.8, 4) is 0 Å². The van der Waals surface area contributed by atoms with Gasteiger partial charge in [0.2, 0.25) is 0 Å². The molecular weight excluding hydrogens is 277 g/mol. The van der Waals surface area contributed by atoms with Gasteiger partial charge in [-0.25, -0.2) is 4.99 Å². The Morgan fingerprint density at radius 1 is 1.50 bits per heavy atom. The number of hydrogen-bond acceptors (Lipinski definition) is 2. The quantitative estimate of drug-likeness (QED) is 0.591. The molecule has 0 aliphatic heterocycles. The Labute approximate surface area is 122 Å². The van der Waals surface area contributed by atoms with Crippen LogP contribution in [0, 0.1) is 0 Å². The molecule has 0 radical (unpaired) electrons. The summed E-state index contributed by atoms with van der Waals surface area (Å²) in [5, 5.41) is 4.97. The van der Waals surface area contributed by atoms with Crippen LogP contribution in [0.25, 0.3) is 16.5 Å². The molecule has 20 heavy (non-hydrogen) atoms. The highest BCUT2D eigenvalue weighted by Crippen LogP contribution is 2.20. The molecule has 0 N–H and O–H groups in total. The second-order valence-electron chi connectivity index (χ2n) is 4.23. The molecule has 1 aromatic carbocycles. The molecule has 2 aromatic rings. The van der Waals surface area contributed by atoms with Crippen LogP contribution in [-0.2, 0) is 0 Å². The summed E-state index contributed by atoms with van der Waals surface area (Å²) in [6.45, 7) is 3.91. The number of allylic oxidation sites excluding steroid dienone is 3. The zero-order valence-electron chi connectivity index (χ0n) is 11.3. The van der Waals surface area contributed by atoms with Crippen molar-refractivity contribution < 1.29 is 4.48 Å². The molecule has 0 fully saturated rings. The Morgan fingerprint density at radius 3 is 3.00 bits per heavy atom. The van der Waals surface area contributed by atoms with E-state index in [1.165, 1.54) is 6.20 Å². The summed E-state index contributed by atoms with van der Waals surface area (Å²) in [7, 11) is 0. The van der Waals surface area contributed by atoms with E-state index in [9.17, 15) is 4.48 Å². The van der Waals surface area contributed by atoms with Crippen LogP contribution in [0.5, 0.6) is 0 Å². The summed E-state index contributed by atoms with van der Waals surface area (Å²) in [6.07, 6.45) is 7.62. The van der Waals surface area contributed by atoms with Crippen molar-refractivity contribution in [3.05, 3.63) is 47.3 Å². The SMILES string of the molecule is C\C=C(/C=N\C(Cl)=C/CC)c1ccc2cn(F)nc2c1. The molecule has 0 saturated carbocycles. The van der Waals surface area contributed by atoms with E-state index in [0.29, 0.717) is 15.6 Å². The van der Waals surface area contributed by atoms with Crippen LogP contribution < -0.4 is 0 Å². The predicted octanol–water partition coefficient (Wildman–Crippen LogP) is 4.73. The van der Waals surface area contributed by atoms with Crippen molar-refractivity contribution in [1.29, 1.82) is 0 Å². The van der Waals surface area contributed by atoms with Crippen LogP contribution >= 0.6 is 11.6 Å². The van der Waals surface area contributed by atoms with Gasteiger partial charge < -0.3 is 0 Å². The van der Waals surface area contributed by atoms with Gasteiger partial charge in [-0.05, 0) is 36.6 Å². The molecule has 3 nitrogen and oxygen atoms in total. The molecule has 0 atom stereocenters. The predicted molar refractivity (Wildman–Crippen MR) is 82.6 cm³/mol. The first-order valence-corrected chi connectivity index (χ1v) is 6.74. The number of rotatable bonds is 4. The Hall–Kier alpha value is -1.94. The monoisotopic (exact) mass is 291 g/mol. The molecule has 1 heterocycles. The number of hydrogen-bond donors (Lipinski definition) is 0. The summed E-state index contributed by atoms with van der Waals surface area (Å²) in [5.74, 6) is 0. The Bertz CT molecular complexity index is 698. The zero-order valence-corrected chi connectivity index (χ0v) is 12.1. The summed E-state index contributed by atoms with van der Waals surface area (Å²) in [4.78, 5) is 4.50. The van der Waals surface area contributed by atoms with Crippen molar-refractivity contribution in [2.75, 3.05) is 0 Å². The molecule has 2 rings (SSSR count). The Kier molecular flexibility index (Phi) is 4.69. The largest absolute Gasteiger partial charge is 0.244 e. The summed E-state index contributed by atoms with van der Waals surface area (Å²) < 4.78 is 13.0. The van der Waals surface area contributed by atoms with E-state index in [-0.39, 0.29) is 0 Å². The molecule has 0 bridgehead atoms. The maximum absolute atomic E-state index is 13.0. The van der Waals surface area contributed by atoms with Crippen LogP contribution in [-0.4, -0.2) is 16.2 Å². The number of nitrogens with zero attached hydrogens (tertiary/aromatic N) is 3. The van der Waals surface area contributed by atoms with Crippen LogP contribution in [0.15, 0.2) is 46.7 Å². The third-order valence-corrected chi connectivity index (χ3v) is 3.08. The second-order valence-corrected chi connectivity index (χ2v) is 4.62. The van der Waals surface area contributed by atoms with Crippen molar-refractivity contribution >= 4 is 34.3 Å². The highest BCUT2D eigenvalue weighted by molar-refractivity contribution is 6.30. The van der Waals surface area contributed by atoms with Gasteiger partial charge >= 0.3 is 0 Å². The van der Waals surface area contributed by atoms with E-state index in [0.717, 1.165) is 22.9 Å². The van der Waals surface area contributed by atoms with Gasteiger partial charge in [0.05, 0.1) is 11.7 Å². The Morgan fingerprint density at radius 2 is 2.30 bits per heavy atom. The molecule has 0 aliphatic rings. The molecule has 0 spiro atoms. The molecule has 0 unspecified atom stereocenters. The number of halogens is 2. The van der Waals surface area contributed by atoms with Gasteiger partial charge in [-0.3, -0.25) is 0 Å². The first-order chi connectivity index (χ1) is 9.63. The first-order valence-electron chi connectivity index (χ1n) is 6.36. The van der Waals surface area contributed by atoms with E-state index in [1.807, 2.05) is 44.2 Å². The highest BCUT2D eigenvalue weighted by Gasteiger charge is 2.04. The average molecular weight is 292 g/mol. The lowest BCUT2D eigenvalue weighted by atomic mass is 10.1. The third kappa shape index (κ3) is 3.33. The van der Waals surface area contributed by atoms with Gasteiger partial charge in [0.1, 0.15) is 5.16 Å².